The van der Waals surface area contributed by atoms with Gasteiger partial charge in [-0.05, 0) is 24.3 Å². The Kier molecular flexibility index (Phi) is 12.8. The van der Waals surface area contributed by atoms with Gasteiger partial charge in [0.1, 0.15) is 58.5 Å². The summed E-state index contributed by atoms with van der Waals surface area (Å²) >= 11 is 0. The van der Waals surface area contributed by atoms with Crippen molar-refractivity contribution in [1.82, 2.24) is 0 Å². The van der Waals surface area contributed by atoms with E-state index in [1.54, 1.807) is 12.1 Å². The predicted octanol–water partition coefficient (Wildman–Crippen LogP) is 9.00. The fraction of sp³-hybridized carbons (Fsp3) is 0.0244. The molecule has 0 N–H and O–H groups in total. The van der Waals surface area contributed by atoms with Crippen LogP contribution in [0.3, 0.4) is 0 Å². The summed E-state index contributed by atoms with van der Waals surface area (Å²) < 4.78 is 309. The Hall–Kier alpha value is -7.01. The summed E-state index contributed by atoms with van der Waals surface area (Å²) in [6.45, 7) is 0.127. The van der Waals surface area contributed by atoms with Crippen LogP contribution in [-0.4, -0.2) is 11.9 Å². The predicted molar refractivity (Wildman–Crippen MR) is 184 cm³/mol. The lowest BCUT2D eigenvalue weighted by Crippen LogP contribution is -2.81. The third kappa shape index (κ3) is 7.36. The standard InChI is InChI=1S/C24BF20.C17H13FNO/c26-5-1(6(27)14(35)21(42)13(5)34)25(2-7(28)15(36)22(43)16(37)8(2)29,3-9(30)17(38)23(44)18(39)10(3)31)4-11(32)19(40)24(45)20(41)12(4)33;18-15-9-3-2-8-14(15)17(20)12-19-11-5-7-13-6-1-4-10-16(13)19/h;1-11H,12H2/q-1;+1. The van der Waals surface area contributed by atoms with Crippen molar-refractivity contribution in [2.75, 3.05) is 0 Å². The second-order valence-electron chi connectivity index (χ2n) is 13.4. The number of para-hydroxylation sites is 1. The molecule has 0 spiro atoms. The molecule has 0 saturated heterocycles. The molecule has 6 aromatic carbocycles. The van der Waals surface area contributed by atoms with Crippen LogP contribution in [0.15, 0.2) is 66.9 Å². The molecule has 0 bridgehead atoms. The molecular formula is C41H13BF21NO. The molecule has 338 valence electrons. The van der Waals surface area contributed by atoms with E-state index in [9.17, 15) is 61.9 Å². The molecule has 7 aromatic rings. The van der Waals surface area contributed by atoms with Crippen LogP contribution in [0.2, 0.25) is 0 Å². The second kappa shape index (κ2) is 17.5. The van der Waals surface area contributed by atoms with E-state index < -0.39 is 150 Å². The molecule has 1 heterocycles. The van der Waals surface area contributed by atoms with Crippen molar-refractivity contribution in [3.05, 3.63) is 195 Å². The van der Waals surface area contributed by atoms with E-state index in [4.69, 9.17) is 0 Å². The number of pyridine rings is 1. The zero-order chi connectivity index (χ0) is 48.3. The van der Waals surface area contributed by atoms with Crippen molar-refractivity contribution in [2.45, 2.75) is 6.54 Å². The van der Waals surface area contributed by atoms with Gasteiger partial charge in [-0.2, -0.15) is 4.57 Å². The Bertz CT molecular complexity index is 2740. The highest BCUT2D eigenvalue weighted by Crippen LogP contribution is 2.31. The first kappa shape index (κ1) is 47.5. The average molecular weight is 945 g/mol. The highest BCUT2D eigenvalue weighted by molar-refractivity contribution is 7.20. The quantitative estimate of drug-likeness (QED) is 0.0391. The first-order chi connectivity index (χ1) is 30.5. The van der Waals surface area contributed by atoms with Crippen LogP contribution < -0.4 is 26.4 Å². The summed E-state index contributed by atoms with van der Waals surface area (Å²) in [5, 5.41) is 1.05. The number of carbonyl (C=O) groups excluding carboxylic acids is 1. The molecule has 0 amide bonds. The Morgan fingerprint density at radius 3 is 0.969 bits per heavy atom. The van der Waals surface area contributed by atoms with Gasteiger partial charge in [-0.1, -0.05) is 24.3 Å². The smallest absolute Gasteiger partial charge is 0.230 e. The molecule has 2 nitrogen and oxygen atoms in total. The van der Waals surface area contributed by atoms with Gasteiger partial charge in [-0.15, -0.1) is 21.9 Å². The van der Waals surface area contributed by atoms with E-state index in [0.717, 1.165) is 10.9 Å². The van der Waals surface area contributed by atoms with Gasteiger partial charge < -0.3 is 0 Å². The van der Waals surface area contributed by atoms with E-state index in [2.05, 4.69) is 0 Å². The molecule has 0 radical (unpaired) electrons. The second-order valence-corrected chi connectivity index (χ2v) is 13.4. The van der Waals surface area contributed by atoms with Gasteiger partial charge in [0, 0.05) is 17.5 Å². The maximum atomic E-state index is 15.4. The van der Waals surface area contributed by atoms with Crippen LogP contribution >= 0.6 is 0 Å². The van der Waals surface area contributed by atoms with Gasteiger partial charge in [0.25, 0.3) is 0 Å². The summed E-state index contributed by atoms with van der Waals surface area (Å²) in [5.74, 6) is -72.1. The van der Waals surface area contributed by atoms with Crippen molar-refractivity contribution in [3.63, 3.8) is 0 Å². The zero-order valence-corrected chi connectivity index (χ0v) is 30.9. The number of ketones is 1. The number of halogens is 21. The fourth-order valence-corrected chi connectivity index (χ4v) is 7.16. The lowest BCUT2D eigenvalue weighted by molar-refractivity contribution is -0.657. The molecule has 0 unspecified atom stereocenters. The Morgan fingerprint density at radius 2 is 0.631 bits per heavy atom. The largest absolute Gasteiger partial charge is 0.287 e. The molecule has 1 aromatic heterocycles. The van der Waals surface area contributed by atoms with Crippen molar-refractivity contribution in [1.29, 1.82) is 0 Å². The maximum absolute atomic E-state index is 15.4. The topological polar surface area (TPSA) is 20.9 Å². The molecule has 65 heavy (non-hydrogen) atoms. The Balaban J connectivity index is 0.000000289. The lowest BCUT2D eigenvalue weighted by Gasteiger charge is -2.44. The normalized spacial score (nSPS) is 11.6. The number of rotatable bonds is 7. The summed E-state index contributed by atoms with van der Waals surface area (Å²) in [5.41, 5.74) is -13.2. The third-order valence-electron chi connectivity index (χ3n) is 9.98. The van der Waals surface area contributed by atoms with Crippen LogP contribution in [-0.2, 0) is 6.54 Å². The van der Waals surface area contributed by atoms with Gasteiger partial charge in [-0.25, -0.2) is 92.2 Å². The van der Waals surface area contributed by atoms with Gasteiger partial charge in [0.2, 0.25) is 17.8 Å². The minimum Gasteiger partial charge on any atom is -0.287 e. The van der Waals surface area contributed by atoms with Crippen molar-refractivity contribution < 1.29 is 102 Å². The molecule has 0 aliphatic carbocycles. The van der Waals surface area contributed by atoms with Crippen molar-refractivity contribution in [3.8, 4) is 0 Å². The van der Waals surface area contributed by atoms with Crippen molar-refractivity contribution >= 4 is 44.7 Å². The molecule has 0 aliphatic heterocycles. The Labute approximate surface area is 347 Å². The Morgan fingerprint density at radius 1 is 0.354 bits per heavy atom. The maximum Gasteiger partial charge on any atom is 0.230 e. The van der Waals surface area contributed by atoms with Crippen LogP contribution in [0.4, 0.5) is 92.2 Å². The molecule has 24 heteroatoms. The number of hydrogen-bond acceptors (Lipinski definition) is 1. The van der Waals surface area contributed by atoms with Crippen LogP contribution in [0.5, 0.6) is 0 Å². The fourth-order valence-electron chi connectivity index (χ4n) is 7.16. The summed E-state index contributed by atoms with van der Waals surface area (Å²) in [4.78, 5) is 12.2. The van der Waals surface area contributed by atoms with E-state index >= 15 is 35.1 Å². The number of fused-ring (bicyclic) bond motifs is 1. The summed E-state index contributed by atoms with van der Waals surface area (Å²) in [7, 11) is 0. The number of nitrogens with zero attached hydrogens (tertiary/aromatic N) is 1. The van der Waals surface area contributed by atoms with Gasteiger partial charge in [-0.3, -0.25) is 4.79 Å². The van der Waals surface area contributed by atoms with Gasteiger partial charge in [0.15, 0.2) is 76.0 Å². The highest BCUT2D eigenvalue weighted by atomic mass is 19.2. The average Bonchev–Trinajstić information content (AvgIpc) is 3.29. The monoisotopic (exact) mass is 945 g/mol. The first-order valence-corrected chi connectivity index (χ1v) is 17.3. The molecule has 7 rings (SSSR count). The van der Waals surface area contributed by atoms with Crippen LogP contribution in [0, 0.1) is 122 Å². The number of Topliss-reactive ketones (excluding diaryl/α,β-unsaturated/α-hetero) is 1. The number of aromatic nitrogens is 1. The number of benzene rings is 6. The van der Waals surface area contributed by atoms with Gasteiger partial charge >= 0.3 is 0 Å². The zero-order valence-electron chi connectivity index (χ0n) is 30.9. The number of hydrogen-bond donors (Lipinski definition) is 0. The minimum atomic E-state index is -7.22. The highest BCUT2D eigenvalue weighted by Gasteiger charge is 2.52. The number of carbonyl (C=O) groups is 1. The summed E-state index contributed by atoms with van der Waals surface area (Å²) in [6, 6.07) is 17.8. The lowest BCUT2D eigenvalue weighted by atomic mass is 9.12. The van der Waals surface area contributed by atoms with Crippen LogP contribution in [0.1, 0.15) is 10.4 Å². The molecule has 0 atom stereocenters. The minimum absolute atomic E-state index is 0.127. The SMILES string of the molecule is Fc1c(F)c(F)c([B-](c2c(F)c(F)c(F)c(F)c2F)(c2c(F)c(F)c(F)c(F)c2F)c2c(F)c(F)c(F)c(F)c2F)c(F)c1F.O=C(C[n+]1cccc2ccccc21)c1ccccc1F. The van der Waals surface area contributed by atoms with Gasteiger partial charge in [0.05, 0.1) is 5.56 Å². The van der Waals surface area contributed by atoms with Crippen LogP contribution in [0.25, 0.3) is 10.9 Å². The van der Waals surface area contributed by atoms with E-state index in [1.165, 1.54) is 12.1 Å². The van der Waals surface area contributed by atoms with E-state index in [0.29, 0.717) is 0 Å². The van der Waals surface area contributed by atoms with E-state index in [-0.39, 0.29) is 17.9 Å². The molecule has 0 saturated carbocycles. The summed E-state index contributed by atoms with van der Waals surface area (Å²) in [6.07, 6.45) is -5.38. The molecular weight excluding hydrogens is 932 g/mol. The third-order valence-corrected chi connectivity index (χ3v) is 9.98. The van der Waals surface area contributed by atoms with Crippen molar-refractivity contribution in [2.24, 2.45) is 0 Å². The first-order valence-electron chi connectivity index (χ1n) is 17.3. The van der Waals surface area contributed by atoms with E-state index in [1.807, 2.05) is 47.2 Å². The molecule has 0 fully saturated rings. The molecule has 0 aliphatic rings.